The van der Waals surface area contributed by atoms with Crippen LogP contribution in [0.5, 0.6) is 0 Å². The quantitative estimate of drug-likeness (QED) is 0.794. The fourth-order valence-electron chi connectivity index (χ4n) is 1.45. The molecule has 16 heavy (non-hydrogen) atoms. The lowest BCUT2D eigenvalue weighted by molar-refractivity contribution is 1.18. The molecular formula is C14H12BrN. The number of aryl methyl sites for hydroxylation is 1. The minimum absolute atomic E-state index is 0.986. The highest BCUT2D eigenvalue weighted by atomic mass is 79.9. The SMILES string of the molecule is Cc1cccc(C=Cc2cccc(Br)c2)n1. The van der Waals surface area contributed by atoms with Crippen LogP contribution >= 0.6 is 15.9 Å². The molecule has 0 aliphatic heterocycles. The monoisotopic (exact) mass is 273 g/mol. The van der Waals surface area contributed by atoms with Gasteiger partial charge in [0.25, 0.3) is 0 Å². The minimum Gasteiger partial charge on any atom is -0.254 e. The summed E-state index contributed by atoms with van der Waals surface area (Å²) in [6.45, 7) is 2.00. The molecule has 2 heteroatoms. The maximum atomic E-state index is 4.41. The zero-order valence-corrected chi connectivity index (χ0v) is 10.6. The predicted molar refractivity (Wildman–Crippen MR) is 72.0 cm³/mol. The van der Waals surface area contributed by atoms with E-state index in [2.05, 4.69) is 39.1 Å². The van der Waals surface area contributed by atoms with Crippen LogP contribution in [-0.2, 0) is 0 Å². The second kappa shape index (κ2) is 5.08. The van der Waals surface area contributed by atoms with Gasteiger partial charge in [0.1, 0.15) is 0 Å². The Balaban J connectivity index is 2.21. The Morgan fingerprint density at radius 2 is 1.88 bits per heavy atom. The van der Waals surface area contributed by atoms with E-state index in [0.717, 1.165) is 21.4 Å². The fourth-order valence-corrected chi connectivity index (χ4v) is 1.87. The van der Waals surface area contributed by atoms with E-state index in [4.69, 9.17) is 0 Å². The number of hydrogen-bond acceptors (Lipinski definition) is 1. The standard InChI is InChI=1S/C14H12BrN/c1-11-4-2-7-14(16-11)9-8-12-5-3-6-13(15)10-12/h2-10H,1H3. The Bertz CT molecular complexity index is 470. The van der Waals surface area contributed by atoms with Crippen LogP contribution in [0.15, 0.2) is 46.9 Å². The van der Waals surface area contributed by atoms with Crippen molar-refractivity contribution in [1.82, 2.24) is 4.98 Å². The van der Waals surface area contributed by atoms with Gasteiger partial charge < -0.3 is 0 Å². The van der Waals surface area contributed by atoms with E-state index < -0.39 is 0 Å². The molecule has 1 aromatic carbocycles. The number of halogens is 1. The average molecular weight is 274 g/mol. The van der Waals surface area contributed by atoms with Gasteiger partial charge in [-0.05, 0) is 42.8 Å². The summed E-state index contributed by atoms with van der Waals surface area (Å²) >= 11 is 3.45. The molecule has 0 unspecified atom stereocenters. The average Bonchev–Trinajstić information content (AvgIpc) is 2.27. The normalized spacial score (nSPS) is 10.9. The van der Waals surface area contributed by atoms with Crippen LogP contribution in [0.2, 0.25) is 0 Å². The molecule has 0 atom stereocenters. The Labute approximate surface area is 104 Å². The van der Waals surface area contributed by atoms with Gasteiger partial charge in [0.15, 0.2) is 0 Å². The Hall–Kier alpha value is -1.41. The summed E-state index contributed by atoms with van der Waals surface area (Å²) in [5.41, 5.74) is 3.19. The summed E-state index contributed by atoms with van der Waals surface area (Å²) in [7, 11) is 0. The number of nitrogens with zero attached hydrogens (tertiary/aromatic N) is 1. The smallest absolute Gasteiger partial charge is 0.0633 e. The van der Waals surface area contributed by atoms with E-state index in [1.807, 2.05) is 43.3 Å². The molecule has 0 aliphatic carbocycles. The van der Waals surface area contributed by atoms with Crippen LogP contribution in [0.3, 0.4) is 0 Å². The lowest BCUT2D eigenvalue weighted by atomic mass is 10.2. The Morgan fingerprint density at radius 1 is 1.06 bits per heavy atom. The number of pyridine rings is 1. The molecule has 0 amide bonds. The molecule has 1 heterocycles. The summed E-state index contributed by atoms with van der Waals surface area (Å²) in [4.78, 5) is 4.41. The van der Waals surface area contributed by atoms with E-state index >= 15 is 0 Å². The Morgan fingerprint density at radius 3 is 2.62 bits per heavy atom. The highest BCUT2D eigenvalue weighted by Crippen LogP contribution is 2.13. The molecule has 80 valence electrons. The van der Waals surface area contributed by atoms with Crippen LogP contribution in [0.4, 0.5) is 0 Å². The third kappa shape index (κ3) is 3.04. The summed E-state index contributed by atoms with van der Waals surface area (Å²) in [6, 6.07) is 14.2. The number of benzene rings is 1. The molecular weight excluding hydrogens is 262 g/mol. The molecule has 0 radical (unpaired) electrons. The Kier molecular flexibility index (Phi) is 3.52. The highest BCUT2D eigenvalue weighted by molar-refractivity contribution is 9.10. The summed E-state index contributed by atoms with van der Waals surface area (Å²) < 4.78 is 1.09. The van der Waals surface area contributed by atoms with Crippen molar-refractivity contribution >= 4 is 28.1 Å². The number of hydrogen-bond donors (Lipinski definition) is 0. The summed E-state index contributed by atoms with van der Waals surface area (Å²) in [5.74, 6) is 0. The van der Waals surface area contributed by atoms with E-state index in [9.17, 15) is 0 Å². The van der Waals surface area contributed by atoms with E-state index in [0.29, 0.717) is 0 Å². The fraction of sp³-hybridized carbons (Fsp3) is 0.0714. The van der Waals surface area contributed by atoms with Crippen molar-refractivity contribution in [1.29, 1.82) is 0 Å². The highest BCUT2D eigenvalue weighted by Gasteiger charge is 1.91. The molecule has 2 rings (SSSR count). The molecule has 1 aromatic heterocycles. The first-order valence-corrected chi connectivity index (χ1v) is 5.91. The van der Waals surface area contributed by atoms with Gasteiger partial charge in [0.2, 0.25) is 0 Å². The second-order valence-electron chi connectivity index (χ2n) is 3.59. The van der Waals surface area contributed by atoms with E-state index in [1.54, 1.807) is 0 Å². The number of rotatable bonds is 2. The minimum atomic E-state index is 0.986. The van der Waals surface area contributed by atoms with Gasteiger partial charge in [-0.25, -0.2) is 0 Å². The van der Waals surface area contributed by atoms with Crippen molar-refractivity contribution in [3.05, 3.63) is 63.9 Å². The molecule has 0 aliphatic rings. The van der Waals surface area contributed by atoms with Gasteiger partial charge in [-0.2, -0.15) is 0 Å². The van der Waals surface area contributed by atoms with E-state index in [-0.39, 0.29) is 0 Å². The van der Waals surface area contributed by atoms with Crippen LogP contribution in [0, 0.1) is 6.92 Å². The predicted octanol–water partition coefficient (Wildman–Crippen LogP) is 4.32. The van der Waals surface area contributed by atoms with Crippen LogP contribution in [-0.4, -0.2) is 4.98 Å². The lowest BCUT2D eigenvalue weighted by Crippen LogP contribution is -1.83. The van der Waals surface area contributed by atoms with Crippen LogP contribution < -0.4 is 0 Å². The first-order chi connectivity index (χ1) is 7.74. The molecule has 0 saturated heterocycles. The van der Waals surface area contributed by atoms with Gasteiger partial charge in [0, 0.05) is 10.2 Å². The van der Waals surface area contributed by atoms with Gasteiger partial charge in [-0.1, -0.05) is 40.2 Å². The van der Waals surface area contributed by atoms with Gasteiger partial charge in [0.05, 0.1) is 5.69 Å². The van der Waals surface area contributed by atoms with Gasteiger partial charge in [-0.15, -0.1) is 0 Å². The van der Waals surface area contributed by atoms with Crippen molar-refractivity contribution in [3.8, 4) is 0 Å². The molecule has 1 nitrogen and oxygen atoms in total. The van der Waals surface area contributed by atoms with Crippen molar-refractivity contribution < 1.29 is 0 Å². The topological polar surface area (TPSA) is 12.9 Å². The first kappa shape index (κ1) is 11.1. The zero-order valence-electron chi connectivity index (χ0n) is 9.02. The molecule has 0 fully saturated rings. The molecule has 2 aromatic rings. The van der Waals surface area contributed by atoms with Crippen LogP contribution in [0.1, 0.15) is 17.0 Å². The van der Waals surface area contributed by atoms with Crippen molar-refractivity contribution in [2.75, 3.05) is 0 Å². The third-order valence-electron chi connectivity index (χ3n) is 2.21. The summed E-state index contributed by atoms with van der Waals surface area (Å²) in [6.07, 6.45) is 4.08. The first-order valence-electron chi connectivity index (χ1n) is 5.11. The van der Waals surface area contributed by atoms with Crippen LogP contribution in [0.25, 0.3) is 12.2 Å². The maximum Gasteiger partial charge on any atom is 0.0633 e. The largest absolute Gasteiger partial charge is 0.254 e. The molecule has 0 spiro atoms. The molecule has 0 bridgehead atoms. The maximum absolute atomic E-state index is 4.41. The van der Waals surface area contributed by atoms with Crippen molar-refractivity contribution in [2.45, 2.75) is 6.92 Å². The van der Waals surface area contributed by atoms with Crippen molar-refractivity contribution in [3.63, 3.8) is 0 Å². The molecule has 0 saturated carbocycles. The zero-order chi connectivity index (χ0) is 11.4. The third-order valence-corrected chi connectivity index (χ3v) is 2.70. The van der Waals surface area contributed by atoms with Gasteiger partial charge in [-0.3, -0.25) is 4.98 Å². The summed E-state index contributed by atoms with van der Waals surface area (Å²) in [5, 5.41) is 0. The molecule has 0 N–H and O–H groups in total. The number of aromatic nitrogens is 1. The van der Waals surface area contributed by atoms with E-state index in [1.165, 1.54) is 0 Å². The lowest BCUT2D eigenvalue weighted by Gasteiger charge is -1.96. The second-order valence-corrected chi connectivity index (χ2v) is 4.51. The van der Waals surface area contributed by atoms with Crippen molar-refractivity contribution in [2.24, 2.45) is 0 Å². The van der Waals surface area contributed by atoms with Gasteiger partial charge >= 0.3 is 0 Å².